The minimum Gasteiger partial charge on any atom is -0.449 e. The topological polar surface area (TPSA) is 72.3 Å². The molecule has 0 fully saturated rings. The van der Waals surface area contributed by atoms with Crippen LogP contribution >= 0.6 is 0 Å². The van der Waals surface area contributed by atoms with E-state index in [9.17, 15) is 0 Å². The van der Waals surface area contributed by atoms with E-state index in [1.165, 1.54) is 0 Å². The largest absolute Gasteiger partial charge is 0.449 e. The normalized spacial score (nSPS) is 13.2. The number of nitrogens with zero attached hydrogens (tertiary/aromatic N) is 1. The molecule has 3 N–H and O–H groups in total. The van der Waals surface area contributed by atoms with Crippen molar-refractivity contribution in [3.8, 4) is 0 Å². The van der Waals surface area contributed by atoms with Crippen molar-refractivity contribution in [3.05, 3.63) is 17.8 Å². The molecule has 12 heavy (non-hydrogen) atoms. The molecule has 1 aromatic rings. The highest BCUT2D eigenvalue weighted by atomic mass is 16.3. The average molecular weight is 170 g/mol. The van der Waals surface area contributed by atoms with E-state index in [0.717, 1.165) is 5.69 Å². The molecule has 1 atom stereocenters. The molecule has 68 valence electrons. The van der Waals surface area contributed by atoms with E-state index >= 15 is 0 Å². The van der Waals surface area contributed by atoms with Crippen LogP contribution in [0.15, 0.2) is 10.7 Å². The molecule has 4 heteroatoms. The van der Waals surface area contributed by atoms with E-state index in [4.69, 9.17) is 15.3 Å². The number of oxazole rings is 1. The molecule has 0 saturated heterocycles. The third-order valence-corrected chi connectivity index (χ3v) is 1.58. The highest BCUT2D eigenvalue weighted by molar-refractivity contribution is 5.00. The van der Waals surface area contributed by atoms with Gasteiger partial charge in [-0.2, -0.15) is 0 Å². The zero-order valence-corrected chi connectivity index (χ0v) is 7.16. The number of aromatic nitrogens is 1. The molecule has 1 unspecified atom stereocenters. The predicted molar refractivity (Wildman–Crippen MR) is 44.5 cm³/mol. The minimum atomic E-state index is -0.0865. The van der Waals surface area contributed by atoms with Crippen LogP contribution in [0.2, 0.25) is 0 Å². The van der Waals surface area contributed by atoms with Gasteiger partial charge in [0.2, 0.25) is 0 Å². The quantitative estimate of drug-likeness (QED) is 0.694. The fraction of sp³-hybridized carbons (Fsp3) is 0.625. The van der Waals surface area contributed by atoms with Crippen molar-refractivity contribution >= 4 is 0 Å². The van der Waals surface area contributed by atoms with Crippen molar-refractivity contribution in [2.45, 2.75) is 25.8 Å². The molecule has 0 spiro atoms. The second-order valence-corrected chi connectivity index (χ2v) is 2.78. The number of rotatable bonds is 4. The van der Waals surface area contributed by atoms with Crippen LogP contribution in [0.1, 0.15) is 31.0 Å². The summed E-state index contributed by atoms with van der Waals surface area (Å²) in [5.41, 5.74) is 6.35. The Labute approximate surface area is 71.4 Å². The van der Waals surface area contributed by atoms with Crippen LogP contribution in [0, 0.1) is 0 Å². The Morgan fingerprint density at radius 2 is 2.50 bits per heavy atom. The van der Waals surface area contributed by atoms with Gasteiger partial charge in [-0.25, -0.2) is 4.98 Å². The first-order valence-electron chi connectivity index (χ1n) is 4.04. The fourth-order valence-corrected chi connectivity index (χ4v) is 0.879. The summed E-state index contributed by atoms with van der Waals surface area (Å²) in [5, 5.41) is 8.55. The van der Waals surface area contributed by atoms with Crippen molar-refractivity contribution in [1.29, 1.82) is 0 Å². The van der Waals surface area contributed by atoms with Crippen molar-refractivity contribution in [2.24, 2.45) is 5.73 Å². The van der Waals surface area contributed by atoms with E-state index in [1.54, 1.807) is 6.26 Å². The number of hydrogen-bond donors (Lipinski definition) is 2. The standard InChI is InChI=1S/C8H14N2O2/c1-6(9)7-5-12-8(10-7)3-2-4-11/h5-6,11H,2-4,9H2,1H3. The molecule has 0 saturated carbocycles. The molecule has 0 bridgehead atoms. The van der Waals surface area contributed by atoms with Crippen LogP contribution in [-0.2, 0) is 6.42 Å². The van der Waals surface area contributed by atoms with Gasteiger partial charge in [0.1, 0.15) is 6.26 Å². The molecule has 0 amide bonds. The molecule has 0 aliphatic heterocycles. The highest BCUT2D eigenvalue weighted by Gasteiger charge is 2.06. The molecule has 1 aromatic heterocycles. The summed E-state index contributed by atoms with van der Waals surface area (Å²) < 4.78 is 5.13. The monoisotopic (exact) mass is 170 g/mol. The Hall–Kier alpha value is -0.870. The fourth-order valence-electron chi connectivity index (χ4n) is 0.879. The lowest BCUT2D eigenvalue weighted by molar-refractivity contribution is 0.283. The molecule has 1 rings (SSSR count). The SMILES string of the molecule is CC(N)c1coc(CCCO)n1. The Morgan fingerprint density at radius 1 is 1.75 bits per heavy atom. The van der Waals surface area contributed by atoms with Gasteiger partial charge in [-0.05, 0) is 13.3 Å². The molecular formula is C8H14N2O2. The lowest BCUT2D eigenvalue weighted by atomic mass is 10.3. The molecule has 0 aliphatic rings. The highest BCUT2D eigenvalue weighted by Crippen LogP contribution is 2.09. The summed E-state index contributed by atoms with van der Waals surface area (Å²) in [6, 6.07) is -0.0865. The summed E-state index contributed by atoms with van der Waals surface area (Å²) in [7, 11) is 0. The maximum atomic E-state index is 8.55. The van der Waals surface area contributed by atoms with E-state index in [0.29, 0.717) is 18.7 Å². The maximum Gasteiger partial charge on any atom is 0.194 e. The number of aliphatic hydroxyl groups is 1. The number of aryl methyl sites for hydroxylation is 1. The zero-order valence-electron chi connectivity index (χ0n) is 7.16. The first kappa shape index (κ1) is 9.22. The van der Waals surface area contributed by atoms with Gasteiger partial charge in [0.15, 0.2) is 5.89 Å². The van der Waals surface area contributed by atoms with E-state index in [2.05, 4.69) is 4.98 Å². The molecule has 1 heterocycles. The van der Waals surface area contributed by atoms with E-state index < -0.39 is 0 Å². The number of nitrogens with two attached hydrogens (primary N) is 1. The molecule has 0 aromatic carbocycles. The van der Waals surface area contributed by atoms with Crippen molar-refractivity contribution in [2.75, 3.05) is 6.61 Å². The predicted octanol–water partition coefficient (Wildman–Crippen LogP) is 0.619. The van der Waals surface area contributed by atoms with E-state index in [-0.39, 0.29) is 12.6 Å². The number of aliphatic hydroxyl groups excluding tert-OH is 1. The molecule has 0 radical (unpaired) electrons. The summed E-state index contributed by atoms with van der Waals surface area (Å²) in [5.74, 6) is 0.649. The van der Waals surface area contributed by atoms with Gasteiger partial charge in [0.05, 0.1) is 5.69 Å². The Bertz CT molecular complexity index is 233. The smallest absolute Gasteiger partial charge is 0.194 e. The van der Waals surface area contributed by atoms with Crippen LogP contribution in [0.5, 0.6) is 0 Å². The number of hydrogen-bond acceptors (Lipinski definition) is 4. The summed E-state index contributed by atoms with van der Waals surface area (Å²) in [4.78, 5) is 4.14. The van der Waals surface area contributed by atoms with Gasteiger partial charge in [-0.1, -0.05) is 0 Å². The lowest BCUT2D eigenvalue weighted by Crippen LogP contribution is -2.05. The van der Waals surface area contributed by atoms with Crippen LogP contribution in [0.3, 0.4) is 0 Å². The van der Waals surface area contributed by atoms with Crippen LogP contribution in [-0.4, -0.2) is 16.7 Å². The van der Waals surface area contributed by atoms with Crippen LogP contribution in [0.4, 0.5) is 0 Å². The maximum absolute atomic E-state index is 8.55. The van der Waals surface area contributed by atoms with E-state index in [1.807, 2.05) is 6.92 Å². The second kappa shape index (κ2) is 4.23. The van der Waals surface area contributed by atoms with Crippen molar-refractivity contribution in [1.82, 2.24) is 4.98 Å². The van der Waals surface area contributed by atoms with Crippen LogP contribution < -0.4 is 5.73 Å². The third kappa shape index (κ3) is 2.32. The van der Waals surface area contributed by atoms with Crippen molar-refractivity contribution in [3.63, 3.8) is 0 Å². The lowest BCUT2D eigenvalue weighted by Gasteiger charge is -1.95. The minimum absolute atomic E-state index is 0.0865. The zero-order chi connectivity index (χ0) is 8.97. The second-order valence-electron chi connectivity index (χ2n) is 2.78. The molecule has 4 nitrogen and oxygen atoms in total. The molecule has 0 aliphatic carbocycles. The summed E-state index contributed by atoms with van der Waals surface area (Å²) in [6.45, 7) is 2.02. The first-order chi connectivity index (χ1) is 5.74. The summed E-state index contributed by atoms with van der Waals surface area (Å²) >= 11 is 0. The van der Waals surface area contributed by atoms with Gasteiger partial charge in [-0.15, -0.1) is 0 Å². The van der Waals surface area contributed by atoms with Crippen molar-refractivity contribution < 1.29 is 9.52 Å². The van der Waals surface area contributed by atoms with Gasteiger partial charge in [-0.3, -0.25) is 0 Å². The first-order valence-corrected chi connectivity index (χ1v) is 4.04. The van der Waals surface area contributed by atoms with Crippen LogP contribution in [0.25, 0.3) is 0 Å². The Balaban J connectivity index is 2.52. The Morgan fingerprint density at radius 3 is 3.00 bits per heavy atom. The Kier molecular flexibility index (Phi) is 3.25. The van der Waals surface area contributed by atoms with Gasteiger partial charge in [0, 0.05) is 19.1 Å². The average Bonchev–Trinajstić information content (AvgIpc) is 2.48. The van der Waals surface area contributed by atoms with Gasteiger partial charge in [0.25, 0.3) is 0 Å². The van der Waals surface area contributed by atoms with Gasteiger partial charge >= 0.3 is 0 Å². The molecular weight excluding hydrogens is 156 g/mol. The third-order valence-electron chi connectivity index (χ3n) is 1.58. The summed E-state index contributed by atoms with van der Waals surface area (Å²) in [6.07, 6.45) is 2.92. The van der Waals surface area contributed by atoms with Gasteiger partial charge < -0.3 is 15.3 Å².